The number of methoxy groups -OCH3 is 1. The van der Waals surface area contributed by atoms with E-state index in [1.807, 2.05) is 0 Å². The Morgan fingerprint density at radius 2 is 1.90 bits per heavy atom. The zero-order valence-corrected chi connectivity index (χ0v) is 12.4. The van der Waals surface area contributed by atoms with Gasteiger partial charge in [0.05, 0.1) is 7.11 Å². The van der Waals surface area contributed by atoms with Gasteiger partial charge in [0, 0.05) is 12.0 Å². The summed E-state index contributed by atoms with van der Waals surface area (Å²) in [4.78, 5) is 0. The van der Waals surface area contributed by atoms with Crippen LogP contribution in [0, 0.1) is 5.92 Å². The smallest absolute Gasteiger partial charge is 0.119 e. The van der Waals surface area contributed by atoms with Gasteiger partial charge in [0.25, 0.3) is 0 Å². The number of ether oxygens (including phenoxy) is 1. The third-order valence-corrected chi connectivity index (χ3v) is 5.06. The van der Waals surface area contributed by atoms with Gasteiger partial charge in [-0.05, 0) is 54.1 Å². The quantitative estimate of drug-likeness (QED) is 0.900. The minimum absolute atomic E-state index is 0.495. The topological polar surface area (TPSA) is 21.3 Å². The zero-order valence-electron chi connectivity index (χ0n) is 12.4. The number of rotatable bonds is 2. The number of benzene rings is 2. The van der Waals surface area contributed by atoms with Crippen LogP contribution in [0.1, 0.15) is 41.5 Å². The normalized spacial score (nSPS) is 27.0. The third kappa shape index (κ3) is 2.06. The van der Waals surface area contributed by atoms with Crippen molar-refractivity contribution >= 4 is 0 Å². The van der Waals surface area contributed by atoms with Crippen LogP contribution >= 0.6 is 0 Å². The van der Waals surface area contributed by atoms with Crippen molar-refractivity contribution in [2.24, 2.45) is 5.92 Å². The van der Waals surface area contributed by atoms with Crippen molar-refractivity contribution in [3.63, 3.8) is 0 Å². The first-order chi connectivity index (χ1) is 10.4. The lowest BCUT2D eigenvalue weighted by Crippen LogP contribution is -2.32. The molecule has 1 saturated heterocycles. The summed E-state index contributed by atoms with van der Waals surface area (Å²) < 4.78 is 5.46. The van der Waals surface area contributed by atoms with Gasteiger partial charge in [0.15, 0.2) is 0 Å². The lowest BCUT2D eigenvalue weighted by Gasteiger charge is -2.31. The van der Waals surface area contributed by atoms with Crippen LogP contribution in [0.5, 0.6) is 5.75 Å². The number of hydrogen-bond donors (Lipinski definition) is 1. The van der Waals surface area contributed by atoms with Gasteiger partial charge in [-0.3, -0.25) is 0 Å². The lowest BCUT2D eigenvalue weighted by molar-refractivity contribution is 0.287. The van der Waals surface area contributed by atoms with E-state index in [9.17, 15) is 0 Å². The Balaban J connectivity index is 1.85. The van der Waals surface area contributed by atoms with Gasteiger partial charge in [-0.2, -0.15) is 0 Å². The first kappa shape index (κ1) is 12.9. The Hall–Kier alpha value is -1.80. The molecule has 21 heavy (non-hydrogen) atoms. The highest BCUT2D eigenvalue weighted by Gasteiger charge is 2.42. The fourth-order valence-electron chi connectivity index (χ4n) is 4.16. The van der Waals surface area contributed by atoms with E-state index in [0.29, 0.717) is 17.9 Å². The van der Waals surface area contributed by atoms with Gasteiger partial charge in [0.2, 0.25) is 0 Å². The van der Waals surface area contributed by atoms with Crippen LogP contribution in [-0.2, 0) is 0 Å². The van der Waals surface area contributed by atoms with E-state index in [2.05, 4.69) is 53.8 Å². The van der Waals surface area contributed by atoms with E-state index in [1.165, 1.54) is 29.5 Å². The van der Waals surface area contributed by atoms with E-state index in [1.54, 1.807) is 7.11 Å². The summed E-state index contributed by atoms with van der Waals surface area (Å²) >= 11 is 0. The number of piperidine rings is 1. The molecule has 1 heterocycles. The first-order valence-electron chi connectivity index (χ1n) is 7.84. The van der Waals surface area contributed by atoms with Crippen LogP contribution in [0.2, 0.25) is 0 Å². The van der Waals surface area contributed by atoms with Crippen molar-refractivity contribution in [3.05, 3.63) is 65.2 Å². The molecule has 4 rings (SSSR count). The van der Waals surface area contributed by atoms with Crippen LogP contribution < -0.4 is 10.1 Å². The molecule has 3 unspecified atom stereocenters. The highest BCUT2D eigenvalue weighted by Crippen LogP contribution is 2.52. The average molecular weight is 279 g/mol. The number of nitrogens with one attached hydrogen (secondary N) is 1. The minimum Gasteiger partial charge on any atom is -0.497 e. The Kier molecular flexibility index (Phi) is 3.19. The minimum atomic E-state index is 0.495. The summed E-state index contributed by atoms with van der Waals surface area (Å²) in [5.41, 5.74) is 4.35. The second kappa shape index (κ2) is 5.19. The average Bonchev–Trinajstić information content (AvgIpc) is 2.89. The van der Waals surface area contributed by atoms with Crippen molar-refractivity contribution in [1.29, 1.82) is 0 Å². The van der Waals surface area contributed by atoms with Crippen molar-refractivity contribution in [3.8, 4) is 5.75 Å². The molecular formula is C19H21NO. The molecule has 3 atom stereocenters. The summed E-state index contributed by atoms with van der Waals surface area (Å²) in [5.74, 6) is 2.13. The maximum Gasteiger partial charge on any atom is 0.119 e. The zero-order chi connectivity index (χ0) is 14.2. The van der Waals surface area contributed by atoms with Crippen molar-refractivity contribution < 1.29 is 4.74 Å². The SMILES string of the molecule is COc1ccc2c(c1)C(c1ccccc1)C1CCCNC21. The highest BCUT2D eigenvalue weighted by molar-refractivity contribution is 5.49. The molecule has 1 aliphatic carbocycles. The van der Waals surface area contributed by atoms with Crippen LogP contribution in [-0.4, -0.2) is 13.7 Å². The summed E-state index contributed by atoms with van der Waals surface area (Å²) in [7, 11) is 1.75. The molecule has 2 aromatic carbocycles. The van der Waals surface area contributed by atoms with E-state index >= 15 is 0 Å². The monoisotopic (exact) mass is 279 g/mol. The van der Waals surface area contributed by atoms with E-state index in [0.717, 1.165) is 12.3 Å². The van der Waals surface area contributed by atoms with E-state index in [4.69, 9.17) is 4.74 Å². The summed E-state index contributed by atoms with van der Waals surface area (Å²) in [6.45, 7) is 1.13. The van der Waals surface area contributed by atoms with Gasteiger partial charge in [-0.25, -0.2) is 0 Å². The van der Waals surface area contributed by atoms with E-state index in [-0.39, 0.29) is 0 Å². The molecule has 2 nitrogen and oxygen atoms in total. The molecule has 0 spiro atoms. The predicted octanol–water partition coefficient (Wildman–Crippen LogP) is 3.88. The Morgan fingerprint density at radius 1 is 1.05 bits per heavy atom. The molecule has 1 fully saturated rings. The molecule has 0 bridgehead atoms. The predicted molar refractivity (Wildman–Crippen MR) is 84.7 cm³/mol. The van der Waals surface area contributed by atoms with E-state index < -0.39 is 0 Å². The Morgan fingerprint density at radius 3 is 2.71 bits per heavy atom. The van der Waals surface area contributed by atoms with Gasteiger partial charge < -0.3 is 10.1 Å². The molecule has 2 aromatic rings. The second-order valence-corrected chi connectivity index (χ2v) is 6.12. The van der Waals surface area contributed by atoms with Crippen LogP contribution in [0.15, 0.2) is 48.5 Å². The van der Waals surface area contributed by atoms with Crippen LogP contribution in [0.25, 0.3) is 0 Å². The van der Waals surface area contributed by atoms with Crippen molar-refractivity contribution in [2.75, 3.05) is 13.7 Å². The third-order valence-electron chi connectivity index (χ3n) is 5.06. The summed E-state index contributed by atoms with van der Waals surface area (Å²) in [5, 5.41) is 3.73. The number of fused-ring (bicyclic) bond motifs is 3. The molecule has 0 aromatic heterocycles. The molecule has 108 valence electrons. The first-order valence-corrected chi connectivity index (χ1v) is 7.84. The fourth-order valence-corrected chi connectivity index (χ4v) is 4.16. The van der Waals surface area contributed by atoms with Crippen LogP contribution in [0.4, 0.5) is 0 Å². The molecular weight excluding hydrogens is 258 g/mol. The highest BCUT2D eigenvalue weighted by atomic mass is 16.5. The Labute approximate surface area is 126 Å². The molecule has 1 aliphatic heterocycles. The maximum absolute atomic E-state index is 5.46. The molecule has 0 amide bonds. The summed E-state index contributed by atoms with van der Waals surface area (Å²) in [6, 6.07) is 18.0. The number of hydrogen-bond acceptors (Lipinski definition) is 2. The molecule has 2 heteroatoms. The van der Waals surface area contributed by atoms with Crippen molar-refractivity contribution in [2.45, 2.75) is 24.8 Å². The van der Waals surface area contributed by atoms with Gasteiger partial charge >= 0.3 is 0 Å². The Bertz CT molecular complexity index is 637. The van der Waals surface area contributed by atoms with Gasteiger partial charge in [-0.15, -0.1) is 0 Å². The second-order valence-electron chi connectivity index (χ2n) is 6.12. The molecule has 1 N–H and O–H groups in total. The standard InChI is InChI=1S/C19H21NO/c1-21-14-9-10-15-17(12-14)18(13-6-3-2-4-7-13)16-8-5-11-20-19(15)16/h2-4,6-7,9-10,12,16,18-20H,5,8,11H2,1H3. The van der Waals surface area contributed by atoms with Gasteiger partial charge in [0.1, 0.15) is 5.75 Å². The molecule has 0 saturated carbocycles. The van der Waals surface area contributed by atoms with Crippen LogP contribution in [0.3, 0.4) is 0 Å². The largest absolute Gasteiger partial charge is 0.497 e. The van der Waals surface area contributed by atoms with Gasteiger partial charge in [-0.1, -0.05) is 36.4 Å². The lowest BCUT2D eigenvalue weighted by atomic mass is 9.80. The molecule has 0 radical (unpaired) electrons. The molecule has 2 aliphatic rings. The summed E-state index contributed by atoms with van der Waals surface area (Å²) in [6.07, 6.45) is 2.57. The fraction of sp³-hybridized carbons (Fsp3) is 0.368. The maximum atomic E-state index is 5.46. The van der Waals surface area contributed by atoms with Crippen molar-refractivity contribution in [1.82, 2.24) is 5.32 Å².